The average Bonchev–Trinajstić information content (AvgIpc) is 3.51. The van der Waals surface area contributed by atoms with E-state index >= 15 is 0 Å². The summed E-state index contributed by atoms with van der Waals surface area (Å²) in [6.45, 7) is 1.21. The third-order valence-corrected chi connectivity index (χ3v) is 6.81. The van der Waals surface area contributed by atoms with Crippen molar-refractivity contribution in [2.24, 2.45) is 5.92 Å². The second kappa shape index (κ2) is 8.47. The average molecular weight is 431 g/mol. The Bertz CT molecular complexity index is 1040. The van der Waals surface area contributed by atoms with Crippen molar-refractivity contribution in [1.29, 1.82) is 0 Å². The number of halogens is 1. The third-order valence-electron chi connectivity index (χ3n) is 6.05. The fraction of sp³-hybridized carbons (Fsp3) is 0.435. The van der Waals surface area contributed by atoms with Gasteiger partial charge in [-0.2, -0.15) is 0 Å². The van der Waals surface area contributed by atoms with Crippen LogP contribution in [0.3, 0.4) is 0 Å². The van der Waals surface area contributed by atoms with Crippen LogP contribution in [-0.2, 0) is 14.8 Å². The lowest BCUT2D eigenvalue weighted by Crippen LogP contribution is -2.36. The molecule has 30 heavy (non-hydrogen) atoms. The summed E-state index contributed by atoms with van der Waals surface area (Å²) in [5, 5.41) is 0. The summed E-state index contributed by atoms with van der Waals surface area (Å²) in [6, 6.07) is 14.4. The summed E-state index contributed by atoms with van der Waals surface area (Å²) in [4.78, 5) is 15.0. The van der Waals surface area contributed by atoms with Crippen molar-refractivity contribution in [2.75, 3.05) is 19.3 Å². The molecule has 0 bridgehead atoms. The van der Waals surface area contributed by atoms with Crippen LogP contribution in [0.15, 0.2) is 48.5 Å². The molecule has 0 spiro atoms. The van der Waals surface area contributed by atoms with Crippen LogP contribution in [0.25, 0.3) is 11.1 Å². The minimum Gasteiger partial charge on any atom is -0.342 e. The monoisotopic (exact) mass is 430 g/mol. The molecule has 1 saturated carbocycles. The lowest BCUT2D eigenvalue weighted by Gasteiger charge is -2.21. The highest BCUT2D eigenvalue weighted by Crippen LogP contribution is 2.51. The lowest BCUT2D eigenvalue weighted by molar-refractivity contribution is -0.132. The van der Waals surface area contributed by atoms with Gasteiger partial charge in [-0.25, -0.2) is 17.5 Å². The van der Waals surface area contributed by atoms with Gasteiger partial charge in [0, 0.05) is 30.6 Å². The number of carbonyl (C=O) groups is 1. The molecule has 2 aromatic carbocycles. The van der Waals surface area contributed by atoms with Crippen LogP contribution in [0.1, 0.15) is 37.2 Å². The zero-order valence-electron chi connectivity index (χ0n) is 17.1. The summed E-state index contributed by atoms with van der Waals surface area (Å²) in [5.41, 5.74) is 2.44. The van der Waals surface area contributed by atoms with Crippen molar-refractivity contribution in [3.05, 3.63) is 59.9 Å². The first kappa shape index (κ1) is 21.0. The van der Waals surface area contributed by atoms with E-state index in [1.165, 1.54) is 12.3 Å². The molecule has 0 aromatic heterocycles. The number of amides is 1. The van der Waals surface area contributed by atoms with Crippen molar-refractivity contribution in [1.82, 2.24) is 9.62 Å². The van der Waals surface area contributed by atoms with Crippen LogP contribution in [0.4, 0.5) is 4.39 Å². The second-order valence-corrected chi connectivity index (χ2v) is 10.1. The first-order chi connectivity index (χ1) is 14.3. The molecule has 0 radical (unpaired) electrons. The number of sulfonamides is 1. The van der Waals surface area contributed by atoms with E-state index in [4.69, 9.17) is 0 Å². The highest BCUT2D eigenvalue weighted by Gasteiger charge is 2.46. The van der Waals surface area contributed by atoms with Gasteiger partial charge >= 0.3 is 0 Å². The third kappa shape index (κ3) is 4.73. The molecule has 1 aliphatic carbocycles. The van der Waals surface area contributed by atoms with Gasteiger partial charge in [-0.05, 0) is 48.8 Å². The first-order valence-electron chi connectivity index (χ1n) is 10.4. The van der Waals surface area contributed by atoms with Crippen molar-refractivity contribution in [3.63, 3.8) is 0 Å². The van der Waals surface area contributed by atoms with Crippen molar-refractivity contribution < 1.29 is 17.6 Å². The summed E-state index contributed by atoms with van der Waals surface area (Å²) in [7, 11) is -3.25. The van der Waals surface area contributed by atoms with Gasteiger partial charge in [0.05, 0.1) is 6.26 Å². The maximum Gasteiger partial charge on any atom is 0.226 e. The number of nitrogens with zero attached hydrogens (tertiary/aromatic N) is 1. The van der Waals surface area contributed by atoms with E-state index in [0.717, 1.165) is 30.4 Å². The Balaban J connectivity index is 1.45. The number of benzene rings is 2. The van der Waals surface area contributed by atoms with Crippen LogP contribution >= 0.6 is 0 Å². The van der Waals surface area contributed by atoms with Gasteiger partial charge in [0.15, 0.2) is 0 Å². The molecule has 1 N–H and O–H groups in total. The SMILES string of the molecule is CS(=O)(=O)NC1CCCN(C(=O)C2CC2c2ccccc2-c2ccccc2F)CC1. The molecular weight excluding hydrogens is 403 g/mol. The molecule has 4 rings (SSSR count). The molecule has 1 saturated heterocycles. The van der Waals surface area contributed by atoms with Crippen molar-refractivity contribution in [2.45, 2.75) is 37.6 Å². The Morgan fingerprint density at radius 2 is 1.73 bits per heavy atom. The number of hydrogen-bond acceptors (Lipinski definition) is 3. The summed E-state index contributed by atoms with van der Waals surface area (Å²) in [5.74, 6) is -0.118. The van der Waals surface area contributed by atoms with E-state index < -0.39 is 10.0 Å². The predicted octanol–water partition coefficient (Wildman–Crippen LogP) is 3.53. The molecule has 160 valence electrons. The van der Waals surface area contributed by atoms with Crippen molar-refractivity contribution >= 4 is 15.9 Å². The zero-order valence-corrected chi connectivity index (χ0v) is 17.9. The number of nitrogens with one attached hydrogen (secondary N) is 1. The topological polar surface area (TPSA) is 66.5 Å². The lowest BCUT2D eigenvalue weighted by atomic mass is 9.95. The highest BCUT2D eigenvalue weighted by atomic mass is 32.2. The predicted molar refractivity (Wildman–Crippen MR) is 115 cm³/mol. The maximum absolute atomic E-state index is 14.4. The highest BCUT2D eigenvalue weighted by molar-refractivity contribution is 7.88. The molecule has 2 fully saturated rings. The van der Waals surface area contributed by atoms with Crippen LogP contribution in [0, 0.1) is 11.7 Å². The first-order valence-corrected chi connectivity index (χ1v) is 12.3. The number of likely N-dealkylation sites (tertiary alicyclic amines) is 1. The Labute approximate surface area is 177 Å². The molecule has 2 aromatic rings. The Morgan fingerprint density at radius 1 is 1.03 bits per heavy atom. The minimum atomic E-state index is -3.25. The standard InChI is InChI=1S/C23H27FN2O3S/c1-30(28,29)25-16-7-6-13-26(14-12-16)23(27)21-15-20(21)18-9-3-2-8-17(18)19-10-4-5-11-22(19)24/h2-5,8-11,16,20-21,25H,6-7,12-15H2,1H3. The van der Waals surface area contributed by atoms with Crippen molar-refractivity contribution in [3.8, 4) is 11.1 Å². The van der Waals surface area contributed by atoms with E-state index in [2.05, 4.69) is 4.72 Å². The normalized spacial score (nSPS) is 24.3. The summed E-state index contributed by atoms with van der Waals surface area (Å²) >= 11 is 0. The smallest absolute Gasteiger partial charge is 0.226 e. The Morgan fingerprint density at radius 3 is 2.47 bits per heavy atom. The van der Waals surface area contributed by atoms with Gasteiger partial charge < -0.3 is 4.90 Å². The molecule has 1 aliphatic heterocycles. The van der Waals surface area contributed by atoms with Gasteiger partial charge in [0.1, 0.15) is 5.82 Å². The maximum atomic E-state index is 14.4. The van der Waals surface area contributed by atoms with Crippen LogP contribution in [0.5, 0.6) is 0 Å². The summed E-state index contributed by atoms with van der Waals surface area (Å²) in [6.07, 6.45) is 4.08. The minimum absolute atomic E-state index is 0.0858. The van der Waals surface area contributed by atoms with Gasteiger partial charge in [-0.3, -0.25) is 4.79 Å². The van der Waals surface area contributed by atoms with Crippen LogP contribution in [-0.4, -0.2) is 44.6 Å². The van der Waals surface area contributed by atoms with Crippen LogP contribution < -0.4 is 4.72 Å². The van der Waals surface area contributed by atoms with E-state index in [1.54, 1.807) is 12.1 Å². The molecular formula is C23H27FN2O3S. The Kier molecular flexibility index (Phi) is 5.93. The number of carbonyl (C=O) groups excluding carboxylic acids is 1. The largest absolute Gasteiger partial charge is 0.342 e. The molecule has 5 nitrogen and oxygen atoms in total. The molecule has 1 heterocycles. The van der Waals surface area contributed by atoms with Gasteiger partial charge in [0.2, 0.25) is 15.9 Å². The van der Waals surface area contributed by atoms with E-state index in [-0.39, 0.29) is 29.6 Å². The molecule has 2 aliphatic rings. The number of hydrogen-bond donors (Lipinski definition) is 1. The Hall–Kier alpha value is -2.25. The number of rotatable bonds is 5. The van der Waals surface area contributed by atoms with Gasteiger partial charge in [-0.15, -0.1) is 0 Å². The fourth-order valence-corrected chi connectivity index (χ4v) is 5.37. The fourth-order valence-electron chi connectivity index (χ4n) is 4.53. The summed E-state index contributed by atoms with van der Waals surface area (Å²) < 4.78 is 40.0. The molecule has 1 amide bonds. The quantitative estimate of drug-likeness (QED) is 0.789. The van der Waals surface area contributed by atoms with Gasteiger partial charge in [-0.1, -0.05) is 42.5 Å². The molecule has 7 heteroatoms. The van der Waals surface area contributed by atoms with Gasteiger partial charge in [0.25, 0.3) is 0 Å². The second-order valence-electron chi connectivity index (χ2n) is 8.36. The van der Waals surface area contributed by atoms with E-state index in [1.807, 2.05) is 35.2 Å². The zero-order chi connectivity index (χ0) is 21.3. The van der Waals surface area contributed by atoms with E-state index in [0.29, 0.717) is 25.1 Å². The van der Waals surface area contributed by atoms with E-state index in [9.17, 15) is 17.6 Å². The molecule has 3 atom stereocenters. The molecule has 3 unspecified atom stereocenters. The van der Waals surface area contributed by atoms with Crippen LogP contribution in [0.2, 0.25) is 0 Å².